The van der Waals surface area contributed by atoms with Gasteiger partial charge >= 0.3 is 5.97 Å². The van der Waals surface area contributed by atoms with E-state index in [2.05, 4.69) is 25.8 Å². The third-order valence-corrected chi connectivity index (χ3v) is 3.72. The Kier molecular flexibility index (Phi) is 6.21. The van der Waals surface area contributed by atoms with Gasteiger partial charge in [0.25, 0.3) is 5.91 Å². The molecule has 0 aromatic heterocycles. The monoisotopic (exact) mass is 417 g/mol. The minimum absolute atomic E-state index is 0.0362. The molecule has 1 atom stereocenters. The molecular formula is C15H14BrF2N3O4. The highest BCUT2D eigenvalue weighted by Crippen LogP contribution is 2.26. The molecule has 1 aromatic rings. The van der Waals surface area contributed by atoms with Crippen molar-refractivity contribution in [2.75, 3.05) is 20.2 Å². The number of amidine groups is 1. The Morgan fingerprint density at radius 3 is 2.84 bits per heavy atom. The summed E-state index contributed by atoms with van der Waals surface area (Å²) in [6.07, 6.45) is 0.998. The highest BCUT2D eigenvalue weighted by Gasteiger charge is 2.31. The molecule has 1 heterocycles. The highest BCUT2D eigenvalue weighted by molar-refractivity contribution is 9.10. The number of aliphatic hydroxyl groups excluding tert-OH is 1. The average molecular weight is 418 g/mol. The summed E-state index contributed by atoms with van der Waals surface area (Å²) in [6.45, 7) is -1.07. The molecule has 0 saturated carbocycles. The van der Waals surface area contributed by atoms with Gasteiger partial charge in [-0.05, 0) is 24.3 Å². The molecule has 0 radical (unpaired) electrons. The second kappa shape index (κ2) is 8.17. The smallest absolute Gasteiger partial charge is 0.357 e. The third kappa shape index (κ3) is 4.83. The van der Waals surface area contributed by atoms with Crippen LogP contribution in [0, 0.1) is 11.7 Å². The molecule has 1 aliphatic heterocycles. The van der Waals surface area contributed by atoms with Gasteiger partial charge in [0, 0.05) is 11.5 Å². The molecule has 1 unspecified atom stereocenters. The first kappa shape index (κ1) is 19.0. The molecule has 1 amide bonds. The molecule has 134 valence electrons. The first-order valence-corrected chi connectivity index (χ1v) is 7.82. The van der Waals surface area contributed by atoms with Gasteiger partial charge in [0.1, 0.15) is 35.7 Å². The van der Waals surface area contributed by atoms with E-state index < -0.39 is 36.0 Å². The topological polar surface area (TPSA) is 91.2 Å². The molecule has 10 heteroatoms. The lowest BCUT2D eigenvalue weighted by atomic mass is 10.0. The minimum atomic E-state index is -1.24. The SMILES string of the molecule is CN1CC(F)=CC(C(=O)NOC(=O)CO)C1=Nc1ccc(Br)cc1F. The van der Waals surface area contributed by atoms with Gasteiger partial charge < -0.3 is 14.8 Å². The number of aliphatic imine (C=N–C) groups is 1. The van der Waals surface area contributed by atoms with Gasteiger partial charge in [-0.15, -0.1) is 0 Å². The van der Waals surface area contributed by atoms with Crippen LogP contribution in [0.25, 0.3) is 0 Å². The maximum Gasteiger partial charge on any atom is 0.357 e. The zero-order valence-corrected chi connectivity index (χ0v) is 14.6. The largest absolute Gasteiger partial charge is 0.385 e. The standard InChI is InChI=1S/C15H14BrF2N3O4/c1-21-6-9(17)5-10(15(24)20-25-13(23)7-22)14(21)19-12-3-2-8(16)4-11(12)18/h2-5,10,22H,6-7H2,1H3,(H,20,24). The maximum atomic E-state index is 14.0. The third-order valence-electron chi connectivity index (χ3n) is 3.23. The number of nitrogens with one attached hydrogen (secondary N) is 1. The summed E-state index contributed by atoms with van der Waals surface area (Å²) >= 11 is 3.13. The van der Waals surface area contributed by atoms with Crippen LogP contribution in [0.4, 0.5) is 14.5 Å². The van der Waals surface area contributed by atoms with Crippen molar-refractivity contribution in [1.29, 1.82) is 0 Å². The van der Waals surface area contributed by atoms with E-state index in [0.717, 1.165) is 6.08 Å². The molecule has 25 heavy (non-hydrogen) atoms. The summed E-state index contributed by atoms with van der Waals surface area (Å²) in [5, 5.41) is 8.57. The summed E-state index contributed by atoms with van der Waals surface area (Å²) in [4.78, 5) is 32.8. The molecule has 2 rings (SSSR count). The number of benzene rings is 1. The van der Waals surface area contributed by atoms with Crippen molar-refractivity contribution in [3.05, 3.63) is 40.4 Å². The number of carbonyl (C=O) groups is 2. The predicted molar refractivity (Wildman–Crippen MR) is 87.8 cm³/mol. The normalized spacial score (nSPS) is 18.8. The Hall–Kier alpha value is -2.33. The number of amides is 1. The van der Waals surface area contributed by atoms with Crippen molar-refractivity contribution in [3.8, 4) is 0 Å². The molecule has 2 N–H and O–H groups in total. The molecule has 1 aliphatic rings. The van der Waals surface area contributed by atoms with Gasteiger partial charge in [-0.25, -0.2) is 18.6 Å². The Bertz CT molecular complexity index is 754. The lowest BCUT2D eigenvalue weighted by Crippen LogP contribution is -2.45. The van der Waals surface area contributed by atoms with E-state index in [1.165, 1.54) is 24.1 Å². The van der Waals surface area contributed by atoms with Crippen molar-refractivity contribution >= 4 is 39.3 Å². The van der Waals surface area contributed by atoms with Crippen LogP contribution in [0.15, 0.2) is 39.6 Å². The molecule has 0 fully saturated rings. The molecular weight excluding hydrogens is 404 g/mol. The minimum Gasteiger partial charge on any atom is -0.385 e. The van der Waals surface area contributed by atoms with Crippen molar-refractivity contribution in [3.63, 3.8) is 0 Å². The zero-order valence-electron chi connectivity index (χ0n) is 13.0. The van der Waals surface area contributed by atoms with Crippen LogP contribution < -0.4 is 5.48 Å². The van der Waals surface area contributed by atoms with Gasteiger partial charge in [0.05, 0.1) is 6.54 Å². The summed E-state index contributed by atoms with van der Waals surface area (Å²) in [5.41, 5.74) is 1.78. The van der Waals surface area contributed by atoms with E-state index in [4.69, 9.17) is 5.11 Å². The van der Waals surface area contributed by atoms with E-state index in [0.29, 0.717) is 4.47 Å². The van der Waals surface area contributed by atoms with Crippen LogP contribution in [-0.2, 0) is 14.4 Å². The number of aliphatic hydroxyl groups is 1. The number of carbonyl (C=O) groups excluding carboxylic acids is 2. The van der Waals surface area contributed by atoms with E-state index in [-0.39, 0.29) is 18.1 Å². The first-order valence-electron chi connectivity index (χ1n) is 7.03. The Balaban J connectivity index is 2.33. The number of halogens is 3. The number of nitrogens with zero attached hydrogens (tertiary/aromatic N) is 2. The van der Waals surface area contributed by atoms with Crippen molar-refractivity contribution in [2.45, 2.75) is 0 Å². The summed E-state index contributed by atoms with van der Waals surface area (Å²) in [6, 6.07) is 4.17. The molecule has 1 aromatic carbocycles. The number of rotatable bonds is 3. The Morgan fingerprint density at radius 1 is 1.48 bits per heavy atom. The van der Waals surface area contributed by atoms with Crippen LogP contribution in [0.5, 0.6) is 0 Å². The first-order chi connectivity index (χ1) is 11.8. The predicted octanol–water partition coefficient (Wildman–Crippen LogP) is 1.60. The fourth-order valence-corrected chi connectivity index (χ4v) is 2.43. The number of hydroxylamine groups is 1. The lowest BCUT2D eigenvalue weighted by molar-refractivity contribution is -0.161. The van der Waals surface area contributed by atoms with Crippen LogP contribution in [-0.4, -0.2) is 47.9 Å². The molecule has 0 saturated heterocycles. The summed E-state index contributed by atoms with van der Waals surface area (Å²) < 4.78 is 28.2. The molecule has 0 bridgehead atoms. The zero-order chi connectivity index (χ0) is 18.6. The second-order valence-electron chi connectivity index (χ2n) is 5.11. The number of likely N-dealkylation sites (N-methyl/N-ethyl adjacent to an activating group) is 1. The van der Waals surface area contributed by atoms with E-state index in [1.807, 2.05) is 5.48 Å². The van der Waals surface area contributed by atoms with E-state index in [9.17, 15) is 18.4 Å². The van der Waals surface area contributed by atoms with Crippen molar-refractivity contribution in [2.24, 2.45) is 10.9 Å². The highest BCUT2D eigenvalue weighted by atomic mass is 79.9. The second-order valence-corrected chi connectivity index (χ2v) is 6.03. The molecule has 0 aliphatic carbocycles. The fraction of sp³-hybridized carbons (Fsp3) is 0.267. The van der Waals surface area contributed by atoms with Crippen LogP contribution in [0.1, 0.15) is 0 Å². The van der Waals surface area contributed by atoms with Gasteiger partial charge in [-0.2, -0.15) is 5.48 Å². The quantitative estimate of drug-likeness (QED) is 0.728. The van der Waals surface area contributed by atoms with E-state index in [1.54, 1.807) is 6.07 Å². The van der Waals surface area contributed by atoms with Crippen molar-refractivity contribution < 1.29 is 28.3 Å². The number of hydrogen-bond donors (Lipinski definition) is 2. The Labute approximate surface area is 150 Å². The maximum absolute atomic E-state index is 14.0. The van der Waals surface area contributed by atoms with Gasteiger partial charge in [-0.1, -0.05) is 15.9 Å². The van der Waals surface area contributed by atoms with Crippen LogP contribution >= 0.6 is 15.9 Å². The van der Waals surface area contributed by atoms with Gasteiger partial charge in [0.15, 0.2) is 0 Å². The van der Waals surface area contributed by atoms with Gasteiger partial charge in [-0.3, -0.25) is 4.79 Å². The lowest BCUT2D eigenvalue weighted by Gasteiger charge is -2.29. The van der Waals surface area contributed by atoms with Crippen molar-refractivity contribution in [1.82, 2.24) is 10.4 Å². The average Bonchev–Trinajstić information content (AvgIpc) is 2.56. The number of hydrogen-bond acceptors (Lipinski definition) is 5. The summed E-state index contributed by atoms with van der Waals surface area (Å²) in [7, 11) is 1.49. The fourth-order valence-electron chi connectivity index (χ4n) is 2.10. The van der Waals surface area contributed by atoms with Crippen LogP contribution in [0.2, 0.25) is 0 Å². The molecule has 7 nitrogen and oxygen atoms in total. The van der Waals surface area contributed by atoms with E-state index >= 15 is 0 Å². The molecule has 0 spiro atoms. The van der Waals surface area contributed by atoms with Crippen LogP contribution in [0.3, 0.4) is 0 Å². The van der Waals surface area contributed by atoms with Gasteiger partial charge in [0.2, 0.25) is 0 Å². The Morgan fingerprint density at radius 2 is 2.20 bits per heavy atom. The summed E-state index contributed by atoms with van der Waals surface area (Å²) in [5.74, 6) is -4.37.